The van der Waals surface area contributed by atoms with Crippen LogP contribution in [-0.4, -0.2) is 31.6 Å². The van der Waals surface area contributed by atoms with Crippen LogP contribution in [0.2, 0.25) is 0 Å². The van der Waals surface area contributed by atoms with Crippen LogP contribution in [0.3, 0.4) is 0 Å². The molecule has 6 nitrogen and oxygen atoms in total. The van der Waals surface area contributed by atoms with Crippen LogP contribution in [0.1, 0.15) is 6.42 Å². The fourth-order valence-corrected chi connectivity index (χ4v) is 4.31. The third-order valence-corrected chi connectivity index (χ3v) is 5.22. The molecule has 1 atom stereocenters. The molecule has 1 aliphatic rings. The first-order chi connectivity index (χ1) is 9.82. The second kappa shape index (κ2) is 5.00. The van der Waals surface area contributed by atoms with Gasteiger partial charge in [0.2, 0.25) is 15.9 Å². The van der Waals surface area contributed by atoms with Crippen molar-refractivity contribution in [1.82, 2.24) is 4.98 Å². The van der Waals surface area contributed by atoms with Gasteiger partial charge in [0, 0.05) is 18.9 Å². The first-order valence-electron chi connectivity index (χ1n) is 6.19. The molecule has 21 heavy (non-hydrogen) atoms. The quantitative estimate of drug-likeness (QED) is 0.912. The lowest BCUT2D eigenvalue weighted by molar-refractivity contribution is -0.117. The number of aromatic nitrogens is 1. The summed E-state index contributed by atoms with van der Waals surface area (Å²) in [5, 5.41) is 5.47. The van der Waals surface area contributed by atoms with E-state index in [1.165, 1.54) is 28.4 Å². The highest BCUT2D eigenvalue weighted by atomic mass is 32.2. The van der Waals surface area contributed by atoms with Crippen LogP contribution in [0.25, 0.3) is 10.2 Å². The number of primary sulfonamides is 1. The molecule has 0 aliphatic carbocycles. The molecule has 9 heteroatoms. The van der Waals surface area contributed by atoms with E-state index in [1.807, 2.05) is 0 Å². The molecule has 112 valence electrons. The Morgan fingerprint density at radius 2 is 2.24 bits per heavy atom. The number of halogens is 1. The Morgan fingerprint density at radius 3 is 2.95 bits per heavy atom. The Morgan fingerprint density at radius 1 is 1.48 bits per heavy atom. The Hall–Kier alpha value is -1.58. The standard InChI is InChI=1S/C12H12FN3O3S2/c13-8-1-2-9-10(4-8)20-12(15-9)16-5-7(3-11(16)17)6-21(14,18)19/h1-2,4,7H,3,5-6H2,(H2,14,18,19). The van der Waals surface area contributed by atoms with Crippen LogP contribution in [0, 0.1) is 11.7 Å². The van der Waals surface area contributed by atoms with E-state index >= 15 is 0 Å². The predicted molar refractivity (Wildman–Crippen MR) is 78.0 cm³/mol. The maximum Gasteiger partial charge on any atom is 0.229 e. The molecule has 1 aromatic heterocycles. The SMILES string of the molecule is NS(=O)(=O)CC1CC(=O)N(c2nc3ccc(F)cc3s2)C1. The third-order valence-electron chi connectivity index (χ3n) is 3.24. The number of thiazole rings is 1. The zero-order valence-corrected chi connectivity index (χ0v) is 12.5. The van der Waals surface area contributed by atoms with Gasteiger partial charge in [-0.15, -0.1) is 0 Å². The lowest BCUT2D eigenvalue weighted by Crippen LogP contribution is -2.27. The highest BCUT2D eigenvalue weighted by molar-refractivity contribution is 7.89. The van der Waals surface area contributed by atoms with Gasteiger partial charge in [-0.25, -0.2) is 22.9 Å². The number of anilines is 1. The number of hydrogen-bond acceptors (Lipinski definition) is 5. The molecule has 1 amide bonds. The number of nitrogens with zero attached hydrogens (tertiary/aromatic N) is 2. The Bertz CT molecular complexity index is 818. The third kappa shape index (κ3) is 3.04. The van der Waals surface area contributed by atoms with Gasteiger partial charge in [0.15, 0.2) is 5.13 Å². The van der Waals surface area contributed by atoms with E-state index in [1.54, 1.807) is 6.07 Å². The summed E-state index contributed by atoms with van der Waals surface area (Å²) >= 11 is 1.21. The average molecular weight is 329 g/mol. The Kier molecular flexibility index (Phi) is 3.42. The summed E-state index contributed by atoms with van der Waals surface area (Å²) in [6.07, 6.45) is 0.126. The number of rotatable bonds is 3. The predicted octanol–water partition coefficient (Wildman–Crippen LogP) is 1.08. The summed E-state index contributed by atoms with van der Waals surface area (Å²) in [5.74, 6) is -1.12. The smallest absolute Gasteiger partial charge is 0.229 e. The molecule has 1 unspecified atom stereocenters. The van der Waals surface area contributed by atoms with Crippen LogP contribution in [0.15, 0.2) is 18.2 Å². The maximum absolute atomic E-state index is 13.2. The van der Waals surface area contributed by atoms with Crippen molar-refractivity contribution in [3.63, 3.8) is 0 Å². The fourth-order valence-electron chi connectivity index (χ4n) is 2.41. The molecule has 0 saturated carbocycles. The first-order valence-corrected chi connectivity index (χ1v) is 8.72. The first kappa shape index (κ1) is 14.4. The van der Waals surface area contributed by atoms with Crippen molar-refractivity contribution >= 4 is 42.6 Å². The molecular formula is C12H12FN3O3S2. The molecule has 1 aliphatic heterocycles. The van der Waals surface area contributed by atoms with E-state index in [4.69, 9.17) is 5.14 Å². The van der Waals surface area contributed by atoms with Gasteiger partial charge in [-0.3, -0.25) is 9.69 Å². The van der Waals surface area contributed by atoms with Crippen molar-refractivity contribution in [3.8, 4) is 0 Å². The molecule has 1 fully saturated rings. The van der Waals surface area contributed by atoms with Gasteiger partial charge < -0.3 is 0 Å². The topological polar surface area (TPSA) is 93.4 Å². The molecule has 0 bridgehead atoms. The van der Waals surface area contributed by atoms with E-state index < -0.39 is 10.0 Å². The molecule has 3 rings (SSSR count). The highest BCUT2D eigenvalue weighted by Gasteiger charge is 2.34. The van der Waals surface area contributed by atoms with Crippen molar-refractivity contribution in [2.75, 3.05) is 17.2 Å². The second-order valence-corrected chi connectivity index (χ2v) is 7.68. The lowest BCUT2D eigenvalue weighted by Gasteiger charge is -2.12. The number of fused-ring (bicyclic) bond motifs is 1. The van der Waals surface area contributed by atoms with E-state index in [-0.39, 0.29) is 36.4 Å². The number of sulfonamides is 1. The normalized spacial score (nSPS) is 19.6. The van der Waals surface area contributed by atoms with Gasteiger partial charge in [0.1, 0.15) is 5.82 Å². The number of carbonyl (C=O) groups excluding carboxylic acids is 1. The van der Waals surface area contributed by atoms with Crippen LogP contribution in [0.5, 0.6) is 0 Å². The monoisotopic (exact) mass is 329 g/mol. The van der Waals surface area contributed by atoms with E-state index in [2.05, 4.69) is 4.98 Å². The number of amides is 1. The molecule has 1 saturated heterocycles. The van der Waals surface area contributed by atoms with Gasteiger partial charge in [-0.05, 0) is 18.2 Å². The van der Waals surface area contributed by atoms with Crippen LogP contribution in [-0.2, 0) is 14.8 Å². The Balaban J connectivity index is 1.87. The summed E-state index contributed by atoms with van der Waals surface area (Å²) in [6, 6.07) is 4.22. The second-order valence-electron chi connectivity index (χ2n) is 5.01. The Labute approximate surface area is 124 Å². The summed E-state index contributed by atoms with van der Waals surface area (Å²) in [7, 11) is -3.61. The summed E-state index contributed by atoms with van der Waals surface area (Å²) < 4.78 is 36.0. The van der Waals surface area contributed by atoms with Gasteiger partial charge in [0.05, 0.1) is 16.0 Å². The summed E-state index contributed by atoms with van der Waals surface area (Å²) in [5.41, 5.74) is 0.610. The van der Waals surface area contributed by atoms with Crippen LogP contribution < -0.4 is 10.0 Å². The molecule has 0 radical (unpaired) electrons. The number of carbonyl (C=O) groups is 1. The zero-order chi connectivity index (χ0) is 15.2. The minimum atomic E-state index is -3.61. The van der Waals surface area contributed by atoms with Crippen molar-refractivity contribution in [2.24, 2.45) is 11.1 Å². The number of nitrogens with two attached hydrogens (primary N) is 1. The van der Waals surface area contributed by atoms with Crippen LogP contribution >= 0.6 is 11.3 Å². The molecule has 2 heterocycles. The highest BCUT2D eigenvalue weighted by Crippen LogP contribution is 2.33. The largest absolute Gasteiger partial charge is 0.288 e. The summed E-state index contributed by atoms with van der Waals surface area (Å²) in [4.78, 5) is 17.7. The maximum atomic E-state index is 13.2. The minimum Gasteiger partial charge on any atom is -0.288 e. The van der Waals surface area contributed by atoms with Gasteiger partial charge in [-0.2, -0.15) is 0 Å². The van der Waals surface area contributed by atoms with E-state index in [0.717, 1.165) is 0 Å². The molecule has 2 aromatic rings. The number of hydrogen-bond donors (Lipinski definition) is 1. The fraction of sp³-hybridized carbons (Fsp3) is 0.333. The zero-order valence-electron chi connectivity index (χ0n) is 10.8. The van der Waals surface area contributed by atoms with Crippen molar-refractivity contribution < 1.29 is 17.6 Å². The van der Waals surface area contributed by atoms with Crippen molar-refractivity contribution in [1.29, 1.82) is 0 Å². The molecular weight excluding hydrogens is 317 g/mol. The van der Waals surface area contributed by atoms with Gasteiger partial charge >= 0.3 is 0 Å². The van der Waals surface area contributed by atoms with Crippen molar-refractivity contribution in [3.05, 3.63) is 24.0 Å². The lowest BCUT2D eigenvalue weighted by atomic mass is 10.1. The van der Waals surface area contributed by atoms with E-state index in [9.17, 15) is 17.6 Å². The molecule has 0 spiro atoms. The minimum absolute atomic E-state index is 0.126. The molecule has 1 aromatic carbocycles. The van der Waals surface area contributed by atoms with Crippen molar-refractivity contribution in [2.45, 2.75) is 6.42 Å². The number of benzene rings is 1. The molecule has 2 N–H and O–H groups in total. The van der Waals surface area contributed by atoms with Gasteiger partial charge in [0.25, 0.3) is 0 Å². The average Bonchev–Trinajstić information content (AvgIpc) is 2.89. The van der Waals surface area contributed by atoms with Gasteiger partial charge in [-0.1, -0.05) is 11.3 Å². The van der Waals surface area contributed by atoms with E-state index in [0.29, 0.717) is 15.3 Å². The van der Waals surface area contributed by atoms with Crippen LogP contribution in [0.4, 0.5) is 9.52 Å². The summed E-state index contributed by atoms with van der Waals surface area (Å²) in [6.45, 7) is 0.261.